The highest BCUT2D eigenvalue weighted by atomic mass is 14.7. The molecule has 24 heavy (non-hydrogen) atoms. The topological polar surface area (TPSA) is 12.9 Å². The van der Waals surface area contributed by atoms with Crippen LogP contribution in [0.4, 0.5) is 0 Å². The number of fused-ring (bicyclic) bond motifs is 6. The van der Waals surface area contributed by atoms with Crippen LogP contribution in [-0.2, 0) is 0 Å². The van der Waals surface area contributed by atoms with Gasteiger partial charge in [-0.2, -0.15) is 0 Å². The standard InChI is InChI=1S/C23H19N/c1-14-15(2)20-13-17-8-4-6-10-21(17)24-23(20)22-18(14)12-11-16-7-3-5-9-19(16)22/h3-15H,1-2H3. The summed E-state index contributed by atoms with van der Waals surface area (Å²) < 4.78 is 0. The van der Waals surface area contributed by atoms with E-state index in [1.54, 1.807) is 0 Å². The Morgan fingerprint density at radius 2 is 1.42 bits per heavy atom. The van der Waals surface area contributed by atoms with E-state index in [1.807, 2.05) is 0 Å². The normalized spacial score (nSPS) is 19.2. The molecule has 1 heterocycles. The molecule has 0 radical (unpaired) electrons. The highest BCUT2D eigenvalue weighted by molar-refractivity contribution is 6.00. The predicted octanol–water partition coefficient (Wildman–Crippen LogP) is 6.28. The van der Waals surface area contributed by atoms with Crippen LogP contribution < -0.4 is 0 Å². The van der Waals surface area contributed by atoms with Gasteiger partial charge in [0.1, 0.15) is 0 Å². The molecule has 5 rings (SSSR count). The molecule has 0 aliphatic heterocycles. The first-order valence-corrected chi connectivity index (χ1v) is 8.66. The van der Waals surface area contributed by atoms with Gasteiger partial charge in [0, 0.05) is 10.9 Å². The quantitative estimate of drug-likeness (QED) is 0.373. The average molecular weight is 309 g/mol. The highest BCUT2D eigenvalue weighted by Gasteiger charge is 2.30. The Labute approximate surface area is 142 Å². The summed E-state index contributed by atoms with van der Waals surface area (Å²) in [5, 5.41) is 3.84. The van der Waals surface area contributed by atoms with Crippen LogP contribution in [0.25, 0.3) is 32.9 Å². The molecular formula is C23H19N. The van der Waals surface area contributed by atoms with Crippen molar-refractivity contribution in [1.82, 2.24) is 4.98 Å². The third kappa shape index (κ3) is 1.78. The largest absolute Gasteiger partial charge is 0.247 e. The fraction of sp³-hybridized carbons (Fsp3) is 0.174. The summed E-state index contributed by atoms with van der Waals surface area (Å²) in [6, 6.07) is 24.0. The Bertz CT molecular complexity index is 1090. The Hall–Kier alpha value is -2.67. The Balaban J connectivity index is 1.95. The van der Waals surface area contributed by atoms with E-state index in [-0.39, 0.29) is 0 Å². The summed E-state index contributed by atoms with van der Waals surface area (Å²) in [5.74, 6) is 0.978. The minimum Gasteiger partial charge on any atom is -0.247 e. The van der Waals surface area contributed by atoms with Crippen molar-refractivity contribution in [2.24, 2.45) is 0 Å². The fourth-order valence-electron chi connectivity index (χ4n) is 4.15. The molecule has 2 atom stereocenters. The zero-order valence-electron chi connectivity index (χ0n) is 14.0. The van der Waals surface area contributed by atoms with Crippen LogP contribution in [0.2, 0.25) is 0 Å². The lowest BCUT2D eigenvalue weighted by Crippen LogP contribution is -2.14. The molecule has 0 amide bonds. The Morgan fingerprint density at radius 1 is 0.708 bits per heavy atom. The number of para-hydroxylation sites is 1. The van der Waals surface area contributed by atoms with Crippen molar-refractivity contribution in [3.63, 3.8) is 0 Å². The van der Waals surface area contributed by atoms with Gasteiger partial charge in [-0.3, -0.25) is 0 Å². The van der Waals surface area contributed by atoms with Gasteiger partial charge in [0.15, 0.2) is 0 Å². The second-order valence-electron chi connectivity index (χ2n) is 6.95. The van der Waals surface area contributed by atoms with Crippen molar-refractivity contribution >= 4 is 21.7 Å². The van der Waals surface area contributed by atoms with E-state index in [1.165, 1.54) is 38.5 Å². The van der Waals surface area contributed by atoms with E-state index in [9.17, 15) is 0 Å². The van der Waals surface area contributed by atoms with Crippen molar-refractivity contribution in [2.75, 3.05) is 0 Å². The molecule has 1 aliphatic carbocycles. The van der Waals surface area contributed by atoms with Gasteiger partial charge in [-0.25, -0.2) is 4.98 Å². The van der Waals surface area contributed by atoms with Crippen LogP contribution in [0.3, 0.4) is 0 Å². The van der Waals surface area contributed by atoms with Gasteiger partial charge in [0.25, 0.3) is 0 Å². The third-order valence-electron chi connectivity index (χ3n) is 5.68. The average Bonchev–Trinajstić information content (AvgIpc) is 2.64. The molecule has 1 aromatic heterocycles. The van der Waals surface area contributed by atoms with Crippen LogP contribution in [-0.4, -0.2) is 4.98 Å². The zero-order chi connectivity index (χ0) is 16.3. The van der Waals surface area contributed by atoms with E-state index < -0.39 is 0 Å². The molecule has 4 aromatic rings. The van der Waals surface area contributed by atoms with Crippen molar-refractivity contribution in [1.29, 1.82) is 0 Å². The van der Waals surface area contributed by atoms with Gasteiger partial charge >= 0.3 is 0 Å². The molecule has 1 aliphatic rings. The molecule has 0 N–H and O–H groups in total. The maximum absolute atomic E-state index is 5.09. The highest BCUT2D eigenvalue weighted by Crippen LogP contribution is 2.48. The molecular weight excluding hydrogens is 290 g/mol. The maximum Gasteiger partial charge on any atom is 0.0753 e. The van der Waals surface area contributed by atoms with E-state index in [0.717, 1.165) is 5.52 Å². The molecule has 3 aromatic carbocycles. The van der Waals surface area contributed by atoms with Crippen molar-refractivity contribution in [3.05, 3.63) is 77.9 Å². The number of hydrogen-bond donors (Lipinski definition) is 0. The lowest BCUT2D eigenvalue weighted by molar-refractivity contribution is 0.615. The minimum absolute atomic E-state index is 0.478. The second-order valence-corrected chi connectivity index (χ2v) is 6.95. The molecule has 0 saturated carbocycles. The number of hydrogen-bond acceptors (Lipinski definition) is 1. The van der Waals surface area contributed by atoms with Gasteiger partial charge in [-0.05, 0) is 45.9 Å². The lowest BCUT2D eigenvalue weighted by atomic mass is 9.73. The third-order valence-corrected chi connectivity index (χ3v) is 5.68. The number of aromatic nitrogens is 1. The van der Waals surface area contributed by atoms with Crippen LogP contribution >= 0.6 is 0 Å². The SMILES string of the molecule is CC1c2cc3ccccc3nc2-c2c(ccc3ccccc23)C1C. The number of nitrogens with zero attached hydrogens (tertiary/aromatic N) is 1. The minimum atomic E-state index is 0.478. The fourth-order valence-corrected chi connectivity index (χ4v) is 4.15. The van der Waals surface area contributed by atoms with E-state index in [2.05, 4.69) is 80.6 Å². The summed E-state index contributed by atoms with van der Waals surface area (Å²) in [4.78, 5) is 5.09. The van der Waals surface area contributed by atoms with Crippen LogP contribution in [0.1, 0.15) is 36.8 Å². The monoisotopic (exact) mass is 309 g/mol. The number of benzene rings is 3. The van der Waals surface area contributed by atoms with E-state index >= 15 is 0 Å². The van der Waals surface area contributed by atoms with E-state index in [0.29, 0.717) is 11.8 Å². The van der Waals surface area contributed by atoms with Gasteiger partial charge in [0.2, 0.25) is 0 Å². The lowest BCUT2D eigenvalue weighted by Gasteiger charge is -2.31. The van der Waals surface area contributed by atoms with Gasteiger partial charge in [0.05, 0.1) is 11.2 Å². The van der Waals surface area contributed by atoms with Crippen LogP contribution in [0, 0.1) is 0 Å². The van der Waals surface area contributed by atoms with E-state index in [4.69, 9.17) is 4.98 Å². The molecule has 0 spiro atoms. The first-order valence-electron chi connectivity index (χ1n) is 8.66. The van der Waals surface area contributed by atoms with Gasteiger partial charge in [-0.1, -0.05) is 68.4 Å². The van der Waals surface area contributed by atoms with Crippen molar-refractivity contribution in [2.45, 2.75) is 25.7 Å². The van der Waals surface area contributed by atoms with Crippen LogP contribution in [0.5, 0.6) is 0 Å². The molecule has 0 saturated heterocycles. The zero-order valence-corrected chi connectivity index (χ0v) is 14.0. The molecule has 1 heteroatoms. The Morgan fingerprint density at radius 3 is 2.29 bits per heavy atom. The number of rotatable bonds is 0. The molecule has 0 fully saturated rings. The van der Waals surface area contributed by atoms with Crippen molar-refractivity contribution < 1.29 is 0 Å². The first kappa shape index (κ1) is 13.7. The summed E-state index contributed by atoms with van der Waals surface area (Å²) in [5.41, 5.74) is 6.39. The molecule has 116 valence electrons. The predicted molar refractivity (Wildman–Crippen MR) is 102 cm³/mol. The molecule has 1 nitrogen and oxygen atoms in total. The molecule has 2 unspecified atom stereocenters. The Kier molecular flexibility index (Phi) is 2.81. The molecule has 0 bridgehead atoms. The van der Waals surface area contributed by atoms with Gasteiger partial charge in [-0.15, -0.1) is 0 Å². The van der Waals surface area contributed by atoms with Gasteiger partial charge < -0.3 is 0 Å². The smallest absolute Gasteiger partial charge is 0.0753 e. The summed E-state index contributed by atoms with van der Waals surface area (Å²) in [6.07, 6.45) is 0. The summed E-state index contributed by atoms with van der Waals surface area (Å²) in [6.45, 7) is 4.68. The summed E-state index contributed by atoms with van der Waals surface area (Å²) in [7, 11) is 0. The summed E-state index contributed by atoms with van der Waals surface area (Å²) >= 11 is 0. The number of pyridine rings is 1. The maximum atomic E-state index is 5.09. The first-order chi connectivity index (χ1) is 11.7. The van der Waals surface area contributed by atoms with Crippen molar-refractivity contribution in [3.8, 4) is 11.3 Å². The van der Waals surface area contributed by atoms with Crippen LogP contribution in [0.15, 0.2) is 66.7 Å². The second kappa shape index (κ2) is 4.91.